The topological polar surface area (TPSA) is 26.0 Å². The van der Waals surface area contributed by atoms with Crippen molar-refractivity contribution in [2.45, 2.75) is 103 Å². The van der Waals surface area contributed by atoms with E-state index in [2.05, 4.69) is 32.9 Å². The molecule has 132 valence electrons. The van der Waals surface area contributed by atoms with Crippen LogP contribution >= 0.6 is 0 Å². The fourth-order valence-electron chi connectivity index (χ4n) is 3.48. The van der Waals surface area contributed by atoms with Crippen LogP contribution in [0.2, 0.25) is 0 Å². The summed E-state index contributed by atoms with van der Waals surface area (Å²) in [7, 11) is 0. The van der Waals surface area contributed by atoms with Gasteiger partial charge in [0.1, 0.15) is 0 Å². The predicted molar refractivity (Wildman–Crippen MR) is 105 cm³/mol. The summed E-state index contributed by atoms with van der Waals surface area (Å²) in [4.78, 5) is 0. The van der Waals surface area contributed by atoms with Crippen molar-refractivity contribution >= 4 is 5.69 Å². The fourth-order valence-corrected chi connectivity index (χ4v) is 3.48. The minimum absolute atomic E-state index is 0.199. The number of anilines is 1. The largest absolute Gasteiger partial charge is 0.398 e. The summed E-state index contributed by atoms with van der Waals surface area (Å²) in [6.07, 6.45) is 16.7. The summed E-state index contributed by atoms with van der Waals surface area (Å²) in [6, 6.07) is 8.34. The van der Waals surface area contributed by atoms with E-state index >= 15 is 0 Å². The molecule has 0 fully saturated rings. The number of nitrogens with two attached hydrogens (primary N) is 1. The van der Waals surface area contributed by atoms with Crippen molar-refractivity contribution in [1.29, 1.82) is 0 Å². The Balaban J connectivity index is 2.05. The molecule has 0 radical (unpaired) electrons. The van der Waals surface area contributed by atoms with E-state index in [0.29, 0.717) is 0 Å². The van der Waals surface area contributed by atoms with E-state index in [-0.39, 0.29) is 5.41 Å². The van der Waals surface area contributed by atoms with E-state index in [1.807, 2.05) is 12.1 Å². The molecular weight excluding hydrogens is 278 g/mol. The van der Waals surface area contributed by atoms with Crippen LogP contribution in [-0.2, 0) is 5.41 Å². The molecule has 1 nitrogen and oxygen atoms in total. The SMILES string of the molecule is CCCCCCCCCCCCCC(C)(C)c1ccccc1N. The molecule has 1 rings (SSSR count). The Morgan fingerprint density at radius 1 is 0.739 bits per heavy atom. The van der Waals surface area contributed by atoms with Gasteiger partial charge in [0.2, 0.25) is 0 Å². The lowest BCUT2D eigenvalue weighted by Gasteiger charge is -2.26. The van der Waals surface area contributed by atoms with Crippen molar-refractivity contribution in [3.63, 3.8) is 0 Å². The van der Waals surface area contributed by atoms with Crippen molar-refractivity contribution in [3.05, 3.63) is 29.8 Å². The van der Waals surface area contributed by atoms with Gasteiger partial charge in [0.25, 0.3) is 0 Å². The van der Waals surface area contributed by atoms with E-state index in [1.54, 1.807) is 0 Å². The molecular formula is C22H39N. The Labute approximate surface area is 145 Å². The van der Waals surface area contributed by atoms with Gasteiger partial charge in [-0.1, -0.05) is 110 Å². The van der Waals surface area contributed by atoms with Gasteiger partial charge in [-0.05, 0) is 23.5 Å². The Kier molecular flexibility index (Phi) is 10.1. The number of nitrogen functional groups attached to an aromatic ring is 1. The average Bonchev–Trinajstić information content (AvgIpc) is 2.53. The van der Waals surface area contributed by atoms with E-state index in [9.17, 15) is 0 Å². The summed E-state index contributed by atoms with van der Waals surface area (Å²) in [6.45, 7) is 6.94. The molecule has 1 aromatic carbocycles. The molecule has 0 aliphatic heterocycles. The Morgan fingerprint density at radius 2 is 1.22 bits per heavy atom. The van der Waals surface area contributed by atoms with Gasteiger partial charge in [0.05, 0.1) is 0 Å². The second kappa shape index (κ2) is 11.5. The molecule has 0 aromatic heterocycles. The highest BCUT2D eigenvalue weighted by Gasteiger charge is 2.21. The third-order valence-corrected chi connectivity index (χ3v) is 5.10. The molecule has 0 amide bonds. The van der Waals surface area contributed by atoms with Gasteiger partial charge in [-0.15, -0.1) is 0 Å². The standard InChI is InChI=1S/C22H39N/c1-4-5-6-7-8-9-10-11-12-13-16-19-22(2,3)20-17-14-15-18-21(20)23/h14-15,17-18H,4-13,16,19,23H2,1-3H3. The van der Waals surface area contributed by atoms with Crippen LogP contribution in [0.15, 0.2) is 24.3 Å². The molecule has 0 atom stereocenters. The highest BCUT2D eigenvalue weighted by atomic mass is 14.6. The normalized spacial score (nSPS) is 11.8. The third kappa shape index (κ3) is 8.44. The van der Waals surface area contributed by atoms with Gasteiger partial charge < -0.3 is 5.73 Å². The molecule has 0 aliphatic carbocycles. The molecule has 0 unspecified atom stereocenters. The maximum atomic E-state index is 6.14. The Morgan fingerprint density at radius 3 is 1.74 bits per heavy atom. The number of unbranched alkanes of at least 4 members (excludes halogenated alkanes) is 10. The van der Waals surface area contributed by atoms with Crippen molar-refractivity contribution in [3.8, 4) is 0 Å². The third-order valence-electron chi connectivity index (χ3n) is 5.10. The summed E-state index contributed by atoms with van der Waals surface area (Å²) in [5, 5.41) is 0. The van der Waals surface area contributed by atoms with Crippen LogP contribution in [0.1, 0.15) is 103 Å². The summed E-state index contributed by atoms with van der Waals surface area (Å²) in [5.41, 5.74) is 8.59. The zero-order valence-corrected chi connectivity index (χ0v) is 15.9. The maximum Gasteiger partial charge on any atom is 0.0352 e. The monoisotopic (exact) mass is 317 g/mol. The van der Waals surface area contributed by atoms with Crippen LogP contribution in [0.4, 0.5) is 5.69 Å². The minimum Gasteiger partial charge on any atom is -0.398 e. The Bertz CT molecular complexity index is 408. The van der Waals surface area contributed by atoms with Crippen LogP contribution in [0.5, 0.6) is 0 Å². The lowest BCUT2D eigenvalue weighted by molar-refractivity contribution is 0.442. The minimum atomic E-state index is 0.199. The average molecular weight is 318 g/mol. The molecule has 2 N–H and O–H groups in total. The molecule has 0 aliphatic rings. The molecule has 0 spiro atoms. The van der Waals surface area contributed by atoms with Gasteiger partial charge in [-0.25, -0.2) is 0 Å². The van der Waals surface area contributed by atoms with Gasteiger partial charge in [-0.3, -0.25) is 0 Å². The van der Waals surface area contributed by atoms with Gasteiger partial charge in [0.15, 0.2) is 0 Å². The van der Waals surface area contributed by atoms with Crippen molar-refractivity contribution in [1.82, 2.24) is 0 Å². The number of benzene rings is 1. The molecule has 23 heavy (non-hydrogen) atoms. The van der Waals surface area contributed by atoms with Gasteiger partial charge in [0, 0.05) is 5.69 Å². The second-order valence-corrected chi connectivity index (χ2v) is 7.76. The lowest BCUT2D eigenvalue weighted by Crippen LogP contribution is -2.18. The van der Waals surface area contributed by atoms with E-state index < -0.39 is 0 Å². The first-order chi connectivity index (χ1) is 11.1. The van der Waals surface area contributed by atoms with Crippen molar-refractivity contribution in [2.24, 2.45) is 0 Å². The van der Waals surface area contributed by atoms with E-state index in [0.717, 1.165) is 5.69 Å². The number of rotatable bonds is 13. The molecule has 1 heteroatoms. The van der Waals surface area contributed by atoms with Crippen LogP contribution in [0, 0.1) is 0 Å². The summed E-state index contributed by atoms with van der Waals surface area (Å²) < 4.78 is 0. The first kappa shape index (κ1) is 20.1. The number of hydrogen-bond acceptors (Lipinski definition) is 1. The molecule has 1 aromatic rings. The number of hydrogen-bond donors (Lipinski definition) is 1. The van der Waals surface area contributed by atoms with Gasteiger partial charge in [-0.2, -0.15) is 0 Å². The number of para-hydroxylation sites is 1. The van der Waals surface area contributed by atoms with Crippen LogP contribution in [0.25, 0.3) is 0 Å². The highest BCUT2D eigenvalue weighted by molar-refractivity contribution is 5.50. The quantitative estimate of drug-likeness (QED) is 0.301. The lowest BCUT2D eigenvalue weighted by atomic mass is 9.79. The predicted octanol–water partition coefficient (Wildman–Crippen LogP) is 7.25. The molecule has 0 saturated heterocycles. The van der Waals surface area contributed by atoms with Crippen LogP contribution in [-0.4, -0.2) is 0 Å². The molecule has 0 heterocycles. The summed E-state index contributed by atoms with van der Waals surface area (Å²) in [5.74, 6) is 0. The fraction of sp³-hybridized carbons (Fsp3) is 0.727. The highest BCUT2D eigenvalue weighted by Crippen LogP contribution is 2.33. The Hall–Kier alpha value is -0.980. The molecule has 0 saturated carbocycles. The molecule has 0 bridgehead atoms. The van der Waals surface area contributed by atoms with Crippen molar-refractivity contribution < 1.29 is 0 Å². The zero-order valence-electron chi connectivity index (χ0n) is 15.9. The first-order valence-corrected chi connectivity index (χ1v) is 9.93. The first-order valence-electron chi connectivity index (χ1n) is 9.93. The zero-order chi connectivity index (χ0) is 17.0. The summed E-state index contributed by atoms with van der Waals surface area (Å²) >= 11 is 0. The second-order valence-electron chi connectivity index (χ2n) is 7.76. The van der Waals surface area contributed by atoms with Gasteiger partial charge >= 0.3 is 0 Å². The van der Waals surface area contributed by atoms with E-state index in [4.69, 9.17) is 5.73 Å². The maximum absolute atomic E-state index is 6.14. The van der Waals surface area contributed by atoms with Crippen LogP contribution < -0.4 is 5.73 Å². The van der Waals surface area contributed by atoms with E-state index in [1.165, 1.54) is 82.6 Å². The smallest absolute Gasteiger partial charge is 0.0352 e. The van der Waals surface area contributed by atoms with Crippen LogP contribution in [0.3, 0.4) is 0 Å². The van der Waals surface area contributed by atoms with Crippen molar-refractivity contribution in [2.75, 3.05) is 5.73 Å².